The van der Waals surface area contributed by atoms with Crippen LogP contribution in [0.1, 0.15) is 38.4 Å². The summed E-state index contributed by atoms with van der Waals surface area (Å²) in [6, 6.07) is 16.5. The van der Waals surface area contributed by atoms with Crippen molar-refractivity contribution in [1.82, 2.24) is 35.8 Å². The van der Waals surface area contributed by atoms with Gasteiger partial charge in [0.1, 0.15) is 23.5 Å². The lowest BCUT2D eigenvalue weighted by atomic mass is 9.88. The number of benzene rings is 2. The number of amides is 2. The van der Waals surface area contributed by atoms with Crippen molar-refractivity contribution in [2.45, 2.75) is 25.3 Å². The van der Waals surface area contributed by atoms with E-state index in [1.54, 1.807) is 37.4 Å². The predicted molar refractivity (Wildman–Crippen MR) is 127 cm³/mol. The van der Waals surface area contributed by atoms with Gasteiger partial charge in [0.15, 0.2) is 0 Å². The standard InChI is InChI=1S/C25H23N7O3/c1-26-25(34)23-14-22(9-10-27-23)35-21-8-6-16-5-7-19(11-18(16)13-21)29-24(33)17-3-2-4-20(12-17)32-15-28-30-31-32/h2-4,6,8-10,12-15,19H,5,7,11H2,1H3,(H,26,34)(H,29,33). The molecule has 5 rings (SSSR count). The molecule has 0 fully saturated rings. The third-order valence-corrected chi connectivity index (χ3v) is 5.89. The van der Waals surface area contributed by atoms with Gasteiger partial charge in [-0.15, -0.1) is 5.10 Å². The number of carbonyl (C=O) groups excluding carboxylic acids is 2. The molecule has 0 saturated heterocycles. The number of carbonyl (C=O) groups is 2. The van der Waals surface area contributed by atoms with Gasteiger partial charge in [-0.25, -0.2) is 4.68 Å². The highest BCUT2D eigenvalue weighted by atomic mass is 16.5. The highest BCUT2D eigenvalue weighted by Gasteiger charge is 2.22. The minimum Gasteiger partial charge on any atom is -0.457 e. The maximum absolute atomic E-state index is 12.9. The molecule has 10 nitrogen and oxygen atoms in total. The Kier molecular flexibility index (Phi) is 6.16. The van der Waals surface area contributed by atoms with Crippen molar-refractivity contribution in [1.29, 1.82) is 0 Å². The summed E-state index contributed by atoms with van der Waals surface area (Å²) in [6.45, 7) is 0. The fraction of sp³-hybridized carbons (Fsp3) is 0.200. The number of aromatic nitrogens is 5. The molecule has 10 heteroatoms. The summed E-state index contributed by atoms with van der Waals surface area (Å²) in [6.07, 6.45) is 5.44. The number of aryl methyl sites for hydroxylation is 1. The molecular weight excluding hydrogens is 446 g/mol. The quantitative estimate of drug-likeness (QED) is 0.445. The Morgan fingerprint density at radius 2 is 1.91 bits per heavy atom. The predicted octanol–water partition coefficient (Wildman–Crippen LogP) is 2.50. The van der Waals surface area contributed by atoms with Gasteiger partial charge < -0.3 is 15.4 Å². The van der Waals surface area contributed by atoms with E-state index in [9.17, 15) is 9.59 Å². The zero-order chi connectivity index (χ0) is 24.2. The molecule has 2 N–H and O–H groups in total. The third kappa shape index (κ3) is 5.01. The van der Waals surface area contributed by atoms with Crippen molar-refractivity contribution in [3.05, 3.63) is 89.5 Å². The molecule has 0 radical (unpaired) electrons. The molecule has 2 heterocycles. The summed E-state index contributed by atoms with van der Waals surface area (Å²) in [4.78, 5) is 28.8. The molecule has 4 aromatic rings. The summed E-state index contributed by atoms with van der Waals surface area (Å²) in [7, 11) is 1.56. The smallest absolute Gasteiger partial charge is 0.269 e. The van der Waals surface area contributed by atoms with Crippen molar-refractivity contribution in [3.63, 3.8) is 0 Å². The van der Waals surface area contributed by atoms with Gasteiger partial charge in [-0.3, -0.25) is 14.6 Å². The van der Waals surface area contributed by atoms with Gasteiger partial charge in [0.05, 0.1) is 5.69 Å². The molecule has 1 atom stereocenters. The van der Waals surface area contributed by atoms with Crippen molar-refractivity contribution < 1.29 is 14.3 Å². The van der Waals surface area contributed by atoms with Crippen LogP contribution in [-0.4, -0.2) is 50.1 Å². The summed E-state index contributed by atoms with van der Waals surface area (Å²) in [5.74, 6) is 0.780. The highest BCUT2D eigenvalue weighted by molar-refractivity contribution is 5.95. The fourth-order valence-electron chi connectivity index (χ4n) is 4.12. The van der Waals surface area contributed by atoms with Crippen LogP contribution in [0.2, 0.25) is 0 Å². The molecule has 1 aliphatic carbocycles. The third-order valence-electron chi connectivity index (χ3n) is 5.89. The molecule has 176 valence electrons. The summed E-state index contributed by atoms with van der Waals surface area (Å²) < 4.78 is 7.50. The number of hydrogen-bond acceptors (Lipinski definition) is 7. The summed E-state index contributed by atoms with van der Waals surface area (Å²) in [5.41, 5.74) is 3.92. The average molecular weight is 470 g/mol. The number of tetrazole rings is 1. The second-order valence-electron chi connectivity index (χ2n) is 8.21. The van der Waals surface area contributed by atoms with E-state index in [4.69, 9.17) is 4.74 Å². The summed E-state index contributed by atoms with van der Waals surface area (Å²) >= 11 is 0. The molecule has 2 aromatic carbocycles. The number of nitrogens with zero attached hydrogens (tertiary/aromatic N) is 5. The van der Waals surface area contributed by atoms with E-state index in [0.717, 1.165) is 18.4 Å². The van der Waals surface area contributed by atoms with E-state index in [1.807, 2.05) is 18.2 Å². The first-order valence-corrected chi connectivity index (χ1v) is 11.2. The van der Waals surface area contributed by atoms with Gasteiger partial charge in [0.2, 0.25) is 0 Å². The summed E-state index contributed by atoms with van der Waals surface area (Å²) in [5, 5.41) is 16.9. The number of nitrogens with one attached hydrogen (secondary N) is 2. The van der Waals surface area contributed by atoms with Gasteiger partial charge in [-0.1, -0.05) is 12.1 Å². The topological polar surface area (TPSA) is 124 Å². The molecule has 0 aliphatic heterocycles. The Morgan fingerprint density at radius 3 is 2.74 bits per heavy atom. The largest absolute Gasteiger partial charge is 0.457 e. The Morgan fingerprint density at radius 1 is 1.03 bits per heavy atom. The Balaban J connectivity index is 1.27. The molecule has 0 saturated carbocycles. The van der Waals surface area contributed by atoms with Gasteiger partial charge in [0, 0.05) is 30.9 Å². The average Bonchev–Trinajstić information content (AvgIpc) is 3.43. The lowest BCUT2D eigenvalue weighted by Crippen LogP contribution is -2.38. The van der Waals surface area contributed by atoms with Crippen LogP contribution in [-0.2, 0) is 12.8 Å². The number of pyridine rings is 1. The van der Waals surface area contributed by atoms with Crippen LogP contribution < -0.4 is 15.4 Å². The zero-order valence-corrected chi connectivity index (χ0v) is 19.0. The first-order chi connectivity index (χ1) is 17.1. The van der Waals surface area contributed by atoms with Crippen LogP contribution in [0.25, 0.3) is 5.69 Å². The SMILES string of the molecule is CNC(=O)c1cc(Oc2ccc3c(c2)CC(NC(=O)c2cccc(-n4cnnn4)c2)CC3)ccn1. The second kappa shape index (κ2) is 9.72. The van der Waals surface area contributed by atoms with Gasteiger partial charge in [-0.05, 0) is 77.2 Å². The maximum atomic E-state index is 12.9. The lowest BCUT2D eigenvalue weighted by Gasteiger charge is -2.26. The van der Waals surface area contributed by atoms with E-state index in [2.05, 4.69) is 37.2 Å². The minimum absolute atomic E-state index is 0.00252. The van der Waals surface area contributed by atoms with E-state index in [-0.39, 0.29) is 23.6 Å². The first kappa shape index (κ1) is 22.2. The number of hydrogen-bond donors (Lipinski definition) is 2. The fourth-order valence-corrected chi connectivity index (χ4v) is 4.12. The van der Waals surface area contributed by atoms with E-state index in [0.29, 0.717) is 29.2 Å². The lowest BCUT2D eigenvalue weighted by molar-refractivity contribution is 0.0931. The van der Waals surface area contributed by atoms with Crippen LogP contribution in [0, 0.1) is 0 Å². The van der Waals surface area contributed by atoms with Crippen LogP contribution in [0.4, 0.5) is 0 Å². The van der Waals surface area contributed by atoms with Crippen LogP contribution in [0.5, 0.6) is 11.5 Å². The van der Waals surface area contributed by atoms with E-state index in [1.165, 1.54) is 22.8 Å². The number of fused-ring (bicyclic) bond motifs is 1. The van der Waals surface area contributed by atoms with E-state index < -0.39 is 0 Å². The van der Waals surface area contributed by atoms with Crippen molar-refractivity contribution in [2.24, 2.45) is 0 Å². The van der Waals surface area contributed by atoms with Gasteiger partial charge in [0.25, 0.3) is 11.8 Å². The molecule has 35 heavy (non-hydrogen) atoms. The Hall–Kier alpha value is -4.60. The monoisotopic (exact) mass is 469 g/mol. The van der Waals surface area contributed by atoms with E-state index >= 15 is 0 Å². The second-order valence-corrected chi connectivity index (χ2v) is 8.21. The van der Waals surface area contributed by atoms with Crippen molar-refractivity contribution in [2.75, 3.05) is 7.05 Å². The molecular formula is C25H23N7O3. The highest BCUT2D eigenvalue weighted by Crippen LogP contribution is 2.29. The van der Waals surface area contributed by atoms with Crippen molar-refractivity contribution >= 4 is 11.8 Å². The van der Waals surface area contributed by atoms with Crippen LogP contribution >= 0.6 is 0 Å². The van der Waals surface area contributed by atoms with Gasteiger partial charge in [-0.2, -0.15) is 0 Å². The van der Waals surface area contributed by atoms with Crippen LogP contribution in [0.15, 0.2) is 67.1 Å². The molecule has 1 aliphatic rings. The zero-order valence-electron chi connectivity index (χ0n) is 19.0. The van der Waals surface area contributed by atoms with Gasteiger partial charge >= 0.3 is 0 Å². The Labute approximate surface area is 201 Å². The molecule has 0 bridgehead atoms. The number of rotatable bonds is 6. The molecule has 0 spiro atoms. The molecule has 2 aromatic heterocycles. The normalized spacial score (nSPS) is 14.6. The maximum Gasteiger partial charge on any atom is 0.269 e. The Bertz CT molecular complexity index is 1370. The number of ether oxygens (including phenoxy) is 1. The first-order valence-electron chi connectivity index (χ1n) is 11.2. The molecule has 1 unspecified atom stereocenters. The van der Waals surface area contributed by atoms with Crippen molar-refractivity contribution in [3.8, 4) is 17.2 Å². The van der Waals surface area contributed by atoms with Crippen LogP contribution in [0.3, 0.4) is 0 Å². The minimum atomic E-state index is -0.275. The molecule has 2 amide bonds.